The molecule has 0 bridgehead atoms. The molecule has 9 nitrogen and oxygen atoms in total. The van der Waals surface area contributed by atoms with Crippen molar-refractivity contribution in [3.05, 3.63) is 101 Å². The van der Waals surface area contributed by atoms with Crippen LogP contribution in [-0.4, -0.2) is 82.3 Å². The van der Waals surface area contributed by atoms with E-state index in [0.29, 0.717) is 50.6 Å². The summed E-state index contributed by atoms with van der Waals surface area (Å²) in [4.78, 5) is 0. The number of hydrogen-bond donors (Lipinski definition) is 3. The number of rotatable bonds is 17. The number of ether oxygens (including phenoxy) is 6. The van der Waals surface area contributed by atoms with Crippen LogP contribution in [0, 0.1) is 5.82 Å². The maximum Gasteiger partial charge on any atom is 0.127 e. The van der Waals surface area contributed by atoms with E-state index < -0.39 is 6.10 Å². The molecule has 1 heterocycles. The van der Waals surface area contributed by atoms with Gasteiger partial charge in [0.05, 0.1) is 66.1 Å². The maximum atomic E-state index is 13.6. The Hall–Kier alpha value is -3.77. The van der Waals surface area contributed by atoms with E-state index in [4.69, 9.17) is 28.4 Å². The summed E-state index contributed by atoms with van der Waals surface area (Å²) in [5.41, 5.74) is 2.69. The number of halogens is 1. The topological polar surface area (TPSA) is 108 Å². The third-order valence-corrected chi connectivity index (χ3v) is 8.24. The van der Waals surface area contributed by atoms with Gasteiger partial charge in [-0.2, -0.15) is 0 Å². The van der Waals surface area contributed by atoms with Crippen LogP contribution < -0.4 is 19.5 Å². The number of piperidine rings is 1. The molecule has 252 valence electrons. The molecule has 47 heavy (non-hydrogen) atoms. The van der Waals surface area contributed by atoms with E-state index >= 15 is 0 Å². The van der Waals surface area contributed by atoms with Crippen LogP contribution in [0.25, 0.3) is 10.8 Å². The number of methoxy groups -OCH3 is 2. The molecular weight excluding hydrogens is 605 g/mol. The third kappa shape index (κ3) is 9.41. The fourth-order valence-corrected chi connectivity index (χ4v) is 5.87. The van der Waals surface area contributed by atoms with Gasteiger partial charge in [-0.1, -0.05) is 36.4 Å². The molecule has 4 aromatic rings. The molecule has 1 saturated heterocycles. The molecule has 1 aliphatic rings. The first-order valence-corrected chi connectivity index (χ1v) is 15.9. The minimum absolute atomic E-state index is 0.0171. The van der Waals surface area contributed by atoms with Crippen LogP contribution in [0.4, 0.5) is 4.39 Å². The standard InChI is InChI=1S/C37H44FNO8/c1-42-33-13-10-29(38)18-28(33)23-44-14-5-15-45-31-11-8-26(9-12-31)37-35(19-39-20-36(37)47-24-30(41)21-40)46-22-25-16-27-6-3-4-7-32(27)34(17-25)43-2/h3-4,6-13,16-18,30,35-37,39-41H,5,14-15,19-24H2,1-2H3/t30?,35-,36+,37+/m0/s1. The number of aliphatic hydroxyl groups is 2. The molecule has 0 spiro atoms. The molecule has 0 aliphatic carbocycles. The van der Waals surface area contributed by atoms with E-state index in [0.717, 1.165) is 33.4 Å². The third-order valence-electron chi connectivity index (χ3n) is 8.24. The van der Waals surface area contributed by atoms with Crippen molar-refractivity contribution in [3.8, 4) is 17.2 Å². The van der Waals surface area contributed by atoms with Crippen LogP contribution in [-0.2, 0) is 27.4 Å². The minimum atomic E-state index is -0.961. The highest BCUT2D eigenvalue weighted by atomic mass is 19.1. The number of benzene rings is 4. The van der Waals surface area contributed by atoms with Crippen LogP contribution >= 0.6 is 0 Å². The van der Waals surface area contributed by atoms with Crippen LogP contribution in [0.5, 0.6) is 17.2 Å². The van der Waals surface area contributed by atoms with Gasteiger partial charge in [-0.25, -0.2) is 4.39 Å². The summed E-state index contributed by atoms with van der Waals surface area (Å²) in [7, 11) is 3.22. The number of hydrogen-bond acceptors (Lipinski definition) is 9. The van der Waals surface area contributed by atoms with E-state index in [1.807, 2.05) is 48.5 Å². The minimum Gasteiger partial charge on any atom is -0.496 e. The predicted octanol–water partition coefficient (Wildman–Crippen LogP) is 4.99. The first-order valence-electron chi connectivity index (χ1n) is 15.9. The van der Waals surface area contributed by atoms with Crippen molar-refractivity contribution in [2.75, 3.05) is 53.7 Å². The average molecular weight is 650 g/mol. The highest BCUT2D eigenvalue weighted by Crippen LogP contribution is 2.33. The van der Waals surface area contributed by atoms with Crippen molar-refractivity contribution in [1.82, 2.24) is 5.32 Å². The lowest BCUT2D eigenvalue weighted by atomic mass is 9.85. The Bertz CT molecular complexity index is 1550. The Balaban J connectivity index is 1.20. The summed E-state index contributed by atoms with van der Waals surface area (Å²) in [5, 5.41) is 24.9. The predicted molar refractivity (Wildman–Crippen MR) is 177 cm³/mol. The molecule has 4 aromatic carbocycles. The molecule has 3 N–H and O–H groups in total. The summed E-state index contributed by atoms with van der Waals surface area (Å²) in [6.07, 6.45) is -0.816. The molecule has 1 unspecified atom stereocenters. The zero-order valence-electron chi connectivity index (χ0n) is 26.9. The Kier molecular flexibility index (Phi) is 12.8. The SMILES string of the molecule is COc1ccc(F)cc1COCCCOc1ccc([C@@H]2[C@@H](OCc3cc(OC)c4ccccc4c3)CNC[C@H]2OCC(O)CO)cc1. The van der Waals surface area contributed by atoms with Gasteiger partial charge in [0.15, 0.2) is 0 Å². The van der Waals surface area contributed by atoms with Crippen LogP contribution in [0.1, 0.15) is 29.0 Å². The van der Waals surface area contributed by atoms with Gasteiger partial charge < -0.3 is 44.0 Å². The number of aliphatic hydroxyl groups excluding tert-OH is 2. The molecule has 4 atom stereocenters. The monoisotopic (exact) mass is 649 g/mol. The Morgan fingerprint density at radius 1 is 0.851 bits per heavy atom. The van der Waals surface area contributed by atoms with Crippen LogP contribution in [0.3, 0.4) is 0 Å². The fourth-order valence-electron chi connectivity index (χ4n) is 5.87. The smallest absolute Gasteiger partial charge is 0.127 e. The fraction of sp³-hybridized carbons (Fsp3) is 0.405. The van der Waals surface area contributed by atoms with Crippen LogP contribution in [0.15, 0.2) is 78.9 Å². The van der Waals surface area contributed by atoms with E-state index in [-0.39, 0.29) is 43.8 Å². The van der Waals surface area contributed by atoms with Crippen molar-refractivity contribution in [1.29, 1.82) is 0 Å². The molecular formula is C37H44FNO8. The second-order valence-corrected chi connectivity index (χ2v) is 11.5. The van der Waals surface area contributed by atoms with Crippen molar-refractivity contribution in [2.24, 2.45) is 0 Å². The van der Waals surface area contributed by atoms with Gasteiger partial charge in [-0.3, -0.25) is 0 Å². The zero-order chi connectivity index (χ0) is 33.0. The van der Waals surface area contributed by atoms with Gasteiger partial charge in [0.2, 0.25) is 0 Å². The Morgan fingerprint density at radius 2 is 1.62 bits per heavy atom. The lowest BCUT2D eigenvalue weighted by Crippen LogP contribution is -2.51. The highest BCUT2D eigenvalue weighted by molar-refractivity contribution is 5.89. The molecule has 1 fully saturated rings. The molecule has 5 rings (SSSR count). The Morgan fingerprint density at radius 3 is 2.38 bits per heavy atom. The molecule has 0 aromatic heterocycles. The molecule has 1 aliphatic heterocycles. The van der Waals surface area contributed by atoms with Crippen molar-refractivity contribution >= 4 is 10.8 Å². The molecule has 10 heteroatoms. The lowest BCUT2D eigenvalue weighted by Gasteiger charge is -2.39. The largest absolute Gasteiger partial charge is 0.496 e. The van der Waals surface area contributed by atoms with Gasteiger partial charge in [0.1, 0.15) is 29.2 Å². The summed E-state index contributed by atoms with van der Waals surface area (Å²) in [6.45, 7) is 2.39. The van der Waals surface area contributed by atoms with E-state index in [1.54, 1.807) is 20.3 Å². The van der Waals surface area contributed by atoms with E-state index in [2.05, 4.69) is 17.4 Å². The molecule has 0 saturated carbocycles. The van der Waals surface area contributed by atoms with E-state index in [9.17, 15) is 14.6 Å². The molecule has 0 amide bonds. The van der Waals surface area contributed by atoms with Gasteiger partial charge in [0.25, 0.3) is 0 Å². The van der Waals surface area contributed by atoms with Gasteiger partial charge in [0, 0.05) is 36.4 Å². The second-order valence-electron chi connectivity index (χ2n) is 11.5. The van der Waals surface area contributed by atoms with Gasteiger partial charge in [-0.05, 0) is 59.0 Å². The van der Waals surface area contributed by atoms with Crippen molar-refractivity contribution < 1.29 is 43.0 Å². The van der Waals surface area contributed by atoms with Crippen molar-refractivity contribution in [3.63, 3.8) is 0 Å². The highest BCUT2D eigenvalue weighted by Gasteiger charge is 2.36. The summed E-state index contributed by atoms with van der Waals surface area (Å²) in [5.74, 6) is 1.66. The van der Waals surface area contributed by atoms with Gasteiger partial charge in [-0.15, -0.1) is 0 Å². The van der Waals surface area contributed by atoms with E-state index in [1.165, 1.54) is 12.1 Å². The van der Waals surface area contributed by atoms with Crippen LogP contribution in [0.2, 0.25) is 0 Å². The summed E-state index contributed by atoms with van der Waals surface area (Å²) in [6, 6.07) is 24.5. The molecule has 0 radical (unpaired) electrons. The maximum absolute atomic E-state index is 13.6. The zero-order valence-corrected chi connectivity index (χ0v) is 26.9. The van der Waals surface area contributed by atoms with Gasteiger partial charge >= 0.3 is 0 Å². The first kappa shape index (κ1) is 34.6. The quantitative estimate of drug-likeness (QED) is 0.136. The summed E-state index contributed by atoms with van der Waals surface area (Å²) >= 11 is 0. The Labute approximate surface area is 275 Å². The lowest BCUT2D eigenvalue weighted by molar-refractivity contribution is -0.0833. The normalized spacial score (nSPS) is 18.6. The second kappa shape index (κ2) is 17.4. The van der Waals surface area contributed by atoms with Crippen molar-refractivity contribution in [2.45, 2.75) is 43.9 Å². The number of nitrogens with one attached hydrogen (secondary N) is 1. The average Bonchev–Trinajstić information content (AvgIpc) is 3.11. The summed E-state index contributed by atoms with van der Waals surface area (Å²) < 4.78 is 48.9. The first-order chi connectivity index (χ1) is 23.0. The number of fused-ring (bicyclic) bond motifs is 1.